The van der Waals surface area contributed by atoms with E-state index in [9.17, 15) is 17.9 Å². The fourth-order valence-corrected chi connectivity index (χ4v) is 4.28. The van der Waals surface area contributed by atoms with Gasteiger partial charge in [-0.3, -0.25) is 0 Å². The van der Waals surface area contributed by atoms with Gasteiger partial charge in [0.25, 0.3) is 0 Å². The Kier molecular flexibility index (Phi) is 3.31. The van der Waals surface area contributed by atoms with Crippen molar-refractivity contribution < 1.29 is 17.9 Å². The molecule has 0 radical (unpaired) electrons. The van der Waals surface area contributed by atoms with E-state index in [2.05, 4.69) is 4.98 Å². The Morgan fingerprint density at radius 1 is 1.33 bits per heavy atom. The van der Waals surface area contributed by atoms with Crippen LogP contribution in [0.15, 0.2) is 29.3 Å². The largest absolute Gasteiger partial charge is 0.390 e. The molecule has 0 unspecified atom stereocenters. The molecule has 1 aromatic heterocycles. The van der Waals surface area contributed by atoms with Crippen LogP contribution in [0.3, 0.4) is 0 Å². The monoisotopic (exact) mass is 312 g/mol. The fraction of sp³-hybridized carbons (Fsp3) is 0.429. The highest BCUT2D eigenvalue weighted by Gasteiger charge is 2.35. The second-order valence-electron chi connectivity index (χ2n) is 5.72. The van der Waals surface area contributed by atoms with Crippen LogP contribution < -0.4 is 0 Å². The number of aromatic amines is 1. The summed E-state index contributed by atoms with van der Waals surface area (Å²) in [6, 6.07) is 4.41. The molecule has 114 valence electrons. The number of fused-ring (bicyclic) bond motifs is 1. The number of hydrogen-bond donors (Lipinski definition) is 2. The van der Waals surface area contributed by atoms with Gasteiger partial charge in [-0.25, -0.2) is 12.8 Å². The Morgan fingerprint density at radius 3 is 2.67 bits per heavy atom. The van der Waals surface area contributed by atoms with Gasteiger partial charge in [-0.1, -0.05) is 6.07 Å². The van der Waals surface area contributed by atoms with Gasteiger partial charge in [0.05, 0.1) is 11.0 Å². The van der Waals surface area contributed by atoms with Crippen molar-refractivity contribution in [3.8, 4) is 0 Å². The van der Waals surface area contributed by atoms with Crippen molar-refractivity contribution in [2.75, 3.05) is 13.1 Å². The normalized spacial score (nSPS) is 20.0. The van der Waals surface area contributed by atoms with E-state index < -0.39 is 21.4 Å². The number of halogens is 1. The summed E-state index contributed by atoms with van der Waals surface area (Å²) in [7, 11) is -3.77. The van der Waals surface area contributed by atoms with Crippen molar-refractivity contribution in [2.45, 2.75) is 30.3 Å². The lowest BCUT2D eigenvalue weighted by atomic mass is 9.95. The molecular formula is C14H17FN2O3S. The summed E-state index contributed by atoms with van der Waals surface area (Å²) in [5, 5.41) is 10.0. The van der Waals surface area contributed by atoms with E-state index in [1.165, 1.54) is 22.6 Å². The number of nitrogens with zero attached hydrogens (tertiary/aromatic N) is 1. The summed E-state index contributed by atoms with van der Waals surface area (Å²) in [5.74, 6) is -0.559. The Balaban J connectivity index is 2.02. The van der Waals surface area contributed by atoms with Crippen molar-refractivity contribution >= 4 is 20.9 Å². The molecule has 7 heteroatoms. The van der Waals surface area contributed by atoms with Crippen LogP contribution in [0.5, 0.6) is 0 Å². The molecule has 0 amide bonds. The van der Waals surface area contributed by atoms with Gasteiger partial charge in [0, 0.05) is 24.8 Å². The number of benzene rings is 1. The van der Waals surface area contributed by atoms with Gasteiger partial charge in [-0.05, 0) is 31.9 Å². The minimum atomic E-state index is -3.77. The van der Waals surface area contributed by atoms with Crippen LogP contribution in [0.25, 0.3) is 10.9 Å². The molecule has 0 atom stereocenters. The number of rotatable bonds is 2. The van der Waals surface area contributed by atoms with Crippen LogP contribution in [0, 0.1) is 5.82 Å². The first-order valence-electron chi connectivity index (χ1n) is 6.79. The first kappa shape index (κ1) is 14.5. The minimum absolute atomic E-state index is 0.0443. The zero-order valence-electron chi connectivity index (χ0n) is 11.6. The van der Waals surface area contributed by atoms with Crippen LogP contribution in [-0.4, -0.2) is 41.5 Å². The summed E-state index contributed by atoms with van der Waals surface area (Å²) < 4.78 is 40.6. The maximum absolute atomic E-state index is 14.0. The maximum atomic E-state index is 14.0. The van der Waals surface area contributed by atoms with Gasteiger partial charge in [0.15, 0.2) is 0 Å². The Morgan fingerprint density at radius 2 is 2.00 bits per heavy atom. The molecule has 1 saturated heterocycles. The van der Waals surface area contributed by atoms with Crippen molar-refractivity contribution in [1.29, 1.82) is 0 Å². The first-order chi connectivity index (χ1) is 9.81. The Labute approximate surface area is 122 Å². The topological polar surface area (TPSA) is 73.4 Å². The Hall–Kier alpha value is -1.44. The summed E-state index contributed by atoms with van der Waals surface area (Å²) >= 11 is 0. The number of aliphatic hydroxyl groups is 1. The van der Waals surface area contributed by atoms with Gasteiger partial charge in [-0.15, -0.1) is 0 Å². The molecule has 1 aliphatic rings. The molecule has 5 nitrogen and oxygen atoms in total. The smallest absolute Gasteiger partial charge is 0.245 e. The minimum Gasteiger partial charge on any atom is -0.390 e. The highest BCUT2D eigenvalue weighted by Crippen LogP contribution is 2.31. The Bertz CT molecular complexity index is 773. The lowest BCUT2D eigenvalue weighted by Crippen LogP contribution is -2.45. The zero-order chi connectivity index (χ0) is 15.3. The lowest BCUT2D eigenvalue weighted by molar-refractivity contribution is 0.0126. The number of sulfonamides is 1. The van der Waals surface area contributed by atoms with E-state index >= 15 is 0 Å². The van der Waals surface area contributed by atoms with Crippen LogP contribution in [0.1, 0.15) is 19.8 Å². The molecule has 0 bridgehead atoms. The van der Waals surface area contributed by atoms with Crippen LogP contribution in [0.4, 0.5) is 4.39 Å². The quantitative estimate of drug-likeness (QED) is 0.888. The van der Waals surface area contributed by atoms with E-state index in [-0.39, 0.29) is 23.4 Å². The van der Waals surface area contributed by atoms with E-state index in [1.807, 2.05) is 0 Å². The molecule has 1 fully saturated rings. The van der Waals surface area contributed by atoms with Gasteiger partial charge in [-0.2, -0.15) is 4.31 Å². The van der Waals surface area contributed by atoms with Gasteiger partial charge in [0.2, 0.25) is 10.0 Å². The second-order valence-corrected chi connectivity index (χ2v) is 7.62. The molecule has 1 aliphatic heterocycles. The maximum Gasteiger partial charge on any atom is 0.245 e. The third kappa shape index (κ3) is 2.45. The van der Waals surface area contributed by atoms with Gasteiger partial charge < -0.3 is 10.1 Å². The third-order valence-electron chi connectivity index (χ3n) is 4.04. The lowest BCUT2D eigenvalue weighted by Gasteiger charge is -2.34. The van der Waals surface area contributed by atoms with E-state index in [0.29, 0.717) is 18.4 Å². The van der Waals surface area contributed by atoms with Crippen molar-refractivity contribution in [3.63, 3.8) is 0 Å². The van der Waals surface area contributed by atoms with Crippen molar-refractivity contribution in [3.05, 3.63) is 30.2 Å². The predicted molar refractivity (Wildman–Crippen MR) is 76.9 cm³/mol. The zero-order valence-corrected chi connectivity index (χ0v) is 12.5. The summed E-state index contributed by atoms with van der Waals surface area (Å²) in [6.45, 7) is 2.16. The summed E-state index contributed by atoms with van der Waals surface area (Å²) in [6.07, 6.45) is 2.07. The molecule has 2 heterocycles. The average Bonchev–Trinajstić information content (AvgIpc) is 2.84. The third-order valence-corrected chi connectivity index (χ3v) is 5.96. The number of aromatic nitrogens is 1. The van der Waals surface area contributed by atoms with Crippen LogP contribution >= 0.6 is 0 Å². The predicted octanol–water partition coefficient (Wildman–Crippen LogP) is 1.84. The summed E-state index contributed by atoms with van der Waals surface area (Å²) in [5.41, 5.74) is -0.380. The van der Waals surface area contributed by atoms with Crippen molar-refractivity contribution in [1.82, 2.24) is 9.29 Å². The highest BCUT2D eigenvalue weighted by atomic mass is 32.2. The fourth-order valence-electron chi connectivity index (χ4n) is 2.66. The SMILES string of the molecule is CC1(O)CCN(S(=O)(=O)c2c[nH]c3cccc(F)c23)CC1. The average molecular weight is 312 g/mol. The molecular weight excluding hydrogens is 295 g/mol. The highest BCUT2D eigenvalue weighted by molar-refractivity contribution is 7.89. The van der Waals surface area contributed by atoms with Gasteiger partial charge >= 0.3 is 0 Å². The molecule has 2 aromatic rings. The number of hydrogen-bond acceptors (Lipinski definition) is 3. The van der Waals surface area contributed by atoms with Crippen LogP contribution in [-0.2, 0) is 10.0 Å². The first-order valence-corrected chi connectivity index (χ1v) is 8.23. The summed E-state index contributed by atoms with van der Waals surface area (Å²) in [4.78, 5) is 2.75. The number of H-pyrrole nitrogens is 1. The molecule has 0 spiro atoms. The molecule has 2 N–H and O–H groups in total. The van der Waals surface area contributed by atoms with Crippen molar-refractivity contribution in [2.24, 2.45) is 0 Å². The molecule has 0 saturated carbocycles. The molecule has 3 rings (SSSR count). The molecule has 0 aliphatic carbocycles. The standard InChI is InChI=1S/C14H17FN2O3S/c1-14(18)5-7-17(8-6-14)21(19,20)12-9-16-11-4-2-3-10(15)13(11)12/h2-4,9,16,18H,5-8H2,1H3. The van der Waals surface area contributed by atoms with Gasteiger partial charge in [0.1, 0.15) is 10.7 Å². The molecule has 1 aromatic carbocycles. The van der Waals surface area contributed by atoms with E-state index in [1.54, 1.807) is 13.0 Å². The van der Waals surface area contributed by atoms with Crippen LogP contribution in [0.2, 0.25) is 0 Å². The van der Waals surface area contributed by atoms with E-state index in [4.69, 9.17) is 0 Å². The second kappa shape index (κ2) is 4.79. The number of nitrogens with one attached hydrogen (secondary N) is 1. The molecule has 21 heavy (non-hydrogen) atoms. The van der Waals surface area contributed by atoms with E-state index in [0.717, 1.165) is 0 Å². The number of piperidine rings is 1.